The fourth-order valence-electron chi connectivity index (χ4n) is 4.09. The van der Waals surface area contributed by atoms with Gasteiger partial charge in [0.1, 0.15) is 0 Å². The second-order valence-electron chi connectivity index (χ2n) is 8.78. The molecule has 1 saturated heterocycles. The molecule has 4 nitrogen and oxygen atoms in total. The molecule has 3 aromatic rings. The minimum Gasteiger partial charge on any atom is -0.374 e. The van der Waals surface area contributed by atoms with Gasteiger partial charge in [-0.15, -0.1) is 0 Å². The smallest absolute Gasteiger partial charge is 0.0871 e. The molecule has 30 heavy (non-hydrogen) atoms. The molecule has 1 aromatic heterocycles. The molecule has 1 aliphatic heterocycles. The summed E-state index contributed by atoms with van der Waals surface area (Å²) < 4.78 is 7.80. The van der Waals surface area contributed by atoms with Crippen molar-refractivity contribution in [2.75, 3.05) is 45.2 Å². The largest absolute Gasteiger partial charge is 0.374 e. The number of benzene rings is 2. The molecule has 0 atom stereocenters. The first-order valence-corrected chi connectivity index (χ1v) is 10.8. The quantitative estimate of drug-likeness (QED) is 0.595. The van der Waals surface area contributed by atoms with E-state index in [0.29, 0.717) is 0 Å². The van der Waals surface area contributed by atoms with Gasteiger partial charge < -0.3 is 19.1 Å². The normalized spacial score (nSPS) is 15.5. The van der Waals surface area contributed by atoms with Gasteiger partial charge in [0.15, 0.2) is 0 Å². The zero-order chi connectivity index (χ0) is 21.1. The van der Waals surface area contributed by atoms with Gasteiger partial charge in [-0.1, -0.05) is 30.3 Å². The Morgan fingerprint density at radius 3 is 2.30 bits per heavy atom. The van der Waals surface area contributed by atoms with Crippen LogP contribution < -0.4 is 4.90 Å². The van der Waals surface area contributed by atoms with Crippen molar-refractivity contribution in [3.8, 4) is 5.69 Å². The summed E-state index contributed by atoms with van der Waals surface area (Å²) in [5.41, 5.74) is 6.19. The maximum Gasteiger partial charge on any atom is 0.0871 e. The summed E-state index contributed by atoms with van der Waals surface area (Å²) in [5, 5.41) is 0. The second-order valence-corrected chi connectivity index (χ2v) is 8.78. The molecule has 0 aliphatic carbocycles. The van der Waals surface area contributed by atoms with Crippen LogP contribution in [0.25, 0.3) is 5.69 Å². The van der Waals surface area contributed by atoms with Crippen LogP contribution in [0.3, 0.4) is 0 Å². The summed E-state index contributed by atoms with van der Waals surface area (Å²) in [6.07, 6.45) is 5.35. The van der Waals surface area contributed by atoms with Crippen molar-refractivity contribution in [1.29, 1.82) is 0 Å². The number of anilines is 1. The number of likely N-dealkylation sites (N-methyl/N-ethyl adjacent to an activating group) is 1. The van der Waals surface area contributed by atoms with Gasteiger partial charge >= 0.3 is 0 Å². The third kappa shape index (κ3) is 4.45. The molecule has 0 radical (unpaired) electrons. The number of methoxy groups -OCH3 is 1. The molecule has 1 aliphatic rings. The van der Waals surface area contributed by atoms with Gasteiger partial charge in [-0.25, -0.2) is 0 Å². The molecule has 0 bridgehead atoms. The van der Waals surface area contributed by atoms with E-state index < -0.39 is 0 Å². The Morgan fingerprint density at radius 1 is 0.900 bits per heavy atom. The Hall–Kier alpha value is -2.56. The van der Waals surface area contributed by atoms with E-state index in [2.05, 4.69) is 102 Å². The highest BCUT2D eigenvalue weighted by Gasteiger charge is 2.19. The SMILES string of the molecule is COC(C)(C)c1ccc(-n2ccc(Cc3ccccc3N3CCN(C)CC3)c2)cc1. The van der Waals surface area contributed by atoms with E-state index in [0.717, 1.165) is 32.6 Å². The molecule has 1 fully saturated rings. The number of rotatable bonds is 6. The molecule has 4 rings (SSSR count). The molecule has 0 saturated carbocycles. The molecular formula is C26H33N3O. The van der Waals surface area contributed by atoms with E-state index in [1.54, 1.807) is 7.11 Å². The molecule has 4 heteroatoms. The van der Waals surface area contributed by atoms with Gasteiger partial charge in [-0.05, 0) is 61.9 Å². The highest BCUT2D eigenvalue weighted by atomic mass is 16.5. The van der Waals surface area contributed by atoms with Crippen molar-refractivity contribution < 1.29 is 4.74 Å². The van der Waals surface area contributed by atoms with Gasteiger partial charge in [-0.3, -0.25) is 0 Å². The predicted molar refractivity (Wildman–Crippen MR) is 125 cm³/mol. The Bertz CT molecular complexity index is 966. The van der Waals surface area contributed by atoms with E-state index in [1.165, 1.54) is 28.1 Å². The summed E-state index contributed by atoms with van der Waals surface area (Å²) >= 11 is 0. The first-order valence-electron chi connectivity index (χ1n) is 10.8. The first kappa shape index (κ1) is 20.7. The standard InChI is InChI=1S/C26H33N3O/c1-26(2,30-4)23-9-11-24(12-10-23)29-14-13-21(20-29)19-22-7-5-6-8-25(22)28-17-15-27(3)16-18-28/h5-14,20H,15-19H2,1-4H3. The van der Waals surface area contributed by atoms with Crippen molar-refractivity contribution in [1.82, 2.24) is 9.47 Å². The van der Waals surface area contributed by atoms with Crippen molar-refractivity contribution in [3.05, 3.63) is 83.7 Å². The topological polar surface area (TPSA) is 20.6 Å². The summed E-state index contributed by atoms with van der Waals surface area (Å²) in [7, 11) is 3.96. The van der Waals surface area contributed by atoms with E-state index in [1.807, 2.05) is 0 Å². The second kappa shape index (κ2) is 8.66. The number of aromatic nitrogens is 1. The van der Waals surface area contributed by atoms with Crippen LogP contribution in [-0.4, -0.2) is 49.8 Å². The van der Waals surface area contributed by atoms with Crippen LogP contribution in [0, 0.1) is 0 Å². The van der Waals surface area contributed by atoms with Gasteiger partial charge in [-0.2, -0.15) is 0 Å². The van der Waals surface area contributed by atoms with Crippen LogP contribution in [0.1, 0.15) is 30.5 Å². The molecule has 0 amide bonds. The van der Waals surface area contributed by atoms with Crippen molar-refractivity contribution in [2.24, 2.45) is 0 Å². The van der Waals surface area contributed by atoms with E-state index in [9.17, 15) is 0 Å². The van der Waals surface area contributed by atoms with Gasteiger partial charge in [0.25, 0.3) is 0 Å². The van der Waals surface area contributed by atoms with Crippen LogP contribution in [0.2, 0.25) is 0 Å². The lowest BCUT2D eigenvalue weighted by Crippen LogP contribution is -2.44. The monoisotopic (exact) mass is 403 g/mol. The first-order chi connectivity index (χ1) is 14.5. The van der Waals surface area contributed by atoms with Crippen molar-refractivity contribution in [2.45, 2.75) is 25.9 Å². The number of hydrogen-bond donors (Lipinski definition) is 0. The molecule has 158 valence electrons. The fraction of sp³-hybridized carbons (Fsp3) is 0.385. The lowest BCUT2D eigenvalue weighted by molar-refractivity contribution is 0.0192. The molecule has 0 spiro atoms. The third-order valence-corrected chi connectivity index (χ3v) is 6.36. The fourth-order valence-corrected chi connectivity index (χ4v) is 4.09. The zero-order valence-corrected chi connectivity index (χ0v) is 18.6. The highest BCUT2D eigenvalue weighted by molar-refractivity contribution is 5.55. The van der Waals surface area contributed by atoms with Crippen LogP contribution in [0.15, 0.2) is 67.0 Å². The molecule has 2 heterocycles. The Kier molecular flexibility index (Phi) is 5.98. The average Bonchev–Trinajstić information content (AvgIpc) is 3.23. The van der Waals surface area contributed by atoms with Crippen molar-refractivity contribution >= 4 is 5.69 Å². The molecule has 0 N–H and O–H groups in total. The van der Waals surface area contributed by atoms with Crippen LogP contribution in [-0.2, 0) is 16.8 Å². The Morgan fingerprint density at radius 2 is 1.60 bits per heavy atom. The summed E-state index contributed by atoms with van der Waals surface area (Å²) in [6.45, 7) is 8.62. The lowest BCUT2D eigenvalue weighted by atomic mass is 9.98. The minimum atomic E-state index is -0.270. The lowest BCUT2D eigenvalue weighted by Gasteiger charge is -2.35. The number of nitrogens with zero attached hydrogens (tertiary/aromatic N) is 3. The third-order valence-electron chi connectivity index (χ3n) is 6.36. The summed E-state index contributed by atoms with van der Waals surface area (Å²) in [5.74, 6) is 0. The Labute approximate surface area is 180 Å². The maximum atomic E-state index is 5.59. The van der Waals surface area contributed by atoms with Gasteiger partial charge in [0.2, 0.25) is 0 Å². The molecule has 0 unspecified atom stereocenters. The summed E-state index contributed by atoms with van der Waals surface area (Å²) in [4.78, 5) is 4.93. The zero-order valence-electron chi connectivity index (χ0n) is 18.6. The van der Waals surface area contributed by atoms with E-state index >= 15 is 0 Å². The van der Waals surface area contributed by atoms with Gasteiger partial charge in [0, 0.05) is 63.5 Å². The predicted octanol–water partition coefficient (Wildman–Crippen LogP) is 4.70. The number of ether oxygens (including phenoxy) is 1. The number of hydrogen-bond acceptors (Lipinski definition) is 3. The molecular weight excluding hydrogens is 370 g/mol. The van der Waals surface area contributed by atoms with E-state index in [4.69, 9.17) is 4.74 Å². The van der Waals surface area contributed by atoms with Crippen LogP contribution >= 0.6 is 0 Å². The Balaban J connectivity index is 1.51. The molecule has 2 aromatic carbocycles. The minimum absolute atomic E-state index is 0.270. The van der Waals surface area contributed by atoms with Gasteiger partial charge in [0.05, 0.1) is 5.60 Å². The van der Waals surface area contributed by atoms with Crippen LogP contribution in [0.5, 0.6) is 0 Å². The maximum absolute atomic E-state index is 5.59. The van der Waals surface area contributed by atoms with E-state index in [-0.39, 0.29) is 5.60 Å². The van der Waals surface area contributed by atoms with Crippen molar-refractivity contribution in [3.63, 3.8) is 0 Å². The highest BCUT2D eigenvalue weighted by Crippen LogP contribution is 2.27. The summed E-state index contributed by atoms with van der Waals surface area (Å²) in [6, 6.07) is 19.7. The number of para-hydroxylation sites is 1. The average molecular weight is 404 g/mol. The number of piperazine rings is 1. The van der Waals surface area contributed by atoms with Crippen LogP contribution in [0.4, 0.5) is 5.69 Å².